The highest BCUT2D eigenvalue weighted by Crippen LogP contribution is 2.13. The number of nitrogens with two attached hydrogens (primary N) is 1. The molecule has 1 aromatic carbocycles. The van der Waals surface area contributed by atoms with Crippen molar-refractivity contribution in [2.24, 2.45) is 16.6 Å². The summed E-state index contributed by atoms with van der Waals surface area (Å²) in [4.78, 5) is 28.6. The first kappa shape index (κ1) is 22.5. The molecular weight excluding hydrogens is 349 g/mol. The van der Waals surface area contributed by atoms with Crippen molar-refractivity contribution in [3.05, 3.63) is 42.1 Å². The number of benzene rings is 1. The van der Waals surface area contributed by atoms with Crippen molar-refractivity contribution in [2.45, 2.75) is 38.7 Å². The Balaban J connectivity index is 0.000000345. The van der Waals surface area contributed by atoms with Crippen molar-refractivity contribution in [2.75, 3.05) is 0 Å². The van der Waals surface area contributed by atoms with Crippen LogP contribution >= 0.6 is 0 Å². The fourth-order valence-electron chi connectivity index (χ4n) is 2.34. The molecule has 1 heterocycles. The van der Waals surface area contributed by atoms with Gasteiger partial charge in [-0.2, -0.15) is 4.99 Å². The van der Waals surface area contributed by atoms with Crippen LogP contribution in [0.4, 0.5) is 0 Å². The van der Waals surface area contributed by atoms with Crippen molar-refractivity contribution in [3.8, 4) is 0 Å². The van der Waals surface area contributed by atoms with E-state index in [1.54, 1.807) is 6.07 Å². The Labute approximate surface area is 157 Å². The van der Waals surface area contributed by atoms with Crippen LogP contribution in [0.15, 0.2) is 41.4 Å². The number of rotatable bonds is 7. The average Bonchev–Trinajstić information content (AvgIpc) is 2.61. The number of aliphatic carboxylic acids is 1. The minimum atomic E-state index is -1.37. The normalized spacial score (nSPS) is 12.5. The molecule has 0 saturated heterocycles. The number of carbonyl (C=O) groups excluding carboxylic acids is 1. The van der Waals surface area contributed by atoms with Gasteiger partial charge in [0, 0.05) is 23.4 Å². The summed E-state index contributed by atoms with van der Waals surface area (Å²) in [5, 5.41) is 26.9. The van der Waals surface area contributed by atoms with Crippen molar-refractivity contribution < 1.29 is 24.7 Å². The van der Waals surface area contributed by atoms with E-state index >= 15 is 0 Å². The van der Waals surface area contributed by atoms with Gasteiger partial charge in [0.1, 0.15) is 0 Å². The number of para-hydroxylation sites is 1. The second kappa shape index (κ2) is 11.2. The Morgan fingerprint density at radius 1 is 1.26 bits per heavy atom. The SMILES string of the molecule is CC(C)C[C@H](N)B(O)O.O=C=N[C@@H](Cc1ccc2ccccc2n1)C(=O)O. The summed E-state index contributed by atoms with van der Waals surface area (Å²) in [7, 11) is -1.37. The summed E-state index contributed by atoms with van der Waals surface area (Å²) in [6.07, 6.45) is 2.00. The Kier molecular flexibility index (Phi) is 9.32. The van der Waals surface area contributed by atoms with Gasteiger partial charge in [-0.05, 0) is 24.5 Å². The molecule has 0 amide bonds. The molecule has 27 heavy (non-hydrogen) atoms. The van der Waals surface area contributed by atoms with Gasteiger partial charge in [0.05, 0.1) is 5.52 Å². The lowest BCUT2D eigenvalue weighted by atomic mass is 9.76. The van der Waals surface area contributed by atoms with Gasteiger partial charge in [-0.1, -0.05) is 38.1 Å². The van der Waals surface area contributed by atoms with E-state index in [9.17, 15) is 9.59 Å². The number of hydrogen-bond acceptors (Lipinski definition) is 7. The number of isocyanates is 1. The Morgan fingerprint density at radius 3 is 2.44 bits per heavy atom. The van der Waals surface area contributed by atoms with Gasteiger partial charge >= 0.3 is 13.1 Å². The summed E-state index contributed by atoms with van der Waals surface area (Å²) in [5.74, 6) is -1.24. The predicted octanol–water partition coefficient (Wildman–Crippen LogP) is 0.938. The number of hydrogen-bond donors (Lipinski definition) is 4. The molecule has 0 aliphatic rings. The van der Waals surface area contributed by atoms with Crippen LogP contribution in [0.1, 0.15) is 26.0 Å². The summed E-state index contributed by atoms with van der Waals surface area (Å²) >= 11 is 0. The zero-order chi connectivity index (χ0) is 20.4. The van der Waals surface area contributed by atoms with E-state index in [0.717, 1.165) is 10.9 Å². The summed E-state index contributed by atoms with van der Waals surface area (Å²) in [6.45, 7) is 3.98. The van der Waals surface area contributed by atoms with Gasteiger partial charge in [0.25, 0.3) is 0 Å². The van der Waals surface area contributed by atoms with E-state index in [1.807, 2.05) is 44.2 Å². The van der Waals surface area contributed by atoms with E-state index in [0.29, 0.717) is 18.0 Å². The first-order valence-electron chi connectivity index (χ1n) is 8.50. The zero-order valence-electron chi connectivity index (χ0n) is 15.3. The van der Waals surface area contributed by atoms with E-state index in [1.165, 1.54) is 6.08 Å². The number of carboxylic acids is 1. The van der Waals surface area contributed by atoms with E-state index in [-0.39, 0.29) is 6.42 Å². The van der Waals surface area contributed by atoms with E-state index in [2.05, 4.69) is 9.98 Å². The molecule has 0 unspecified atom stereocenters. The summed E-state index contributed by atoms with van der Waals surface area (Å²) in [5.41, 5.74) is 6.69. The monoisotopic (exact) mass is 373 g/mol. The highest BCUT2D eigenvalue weighted by molar-refractivity contribution is 6.43. The van der Waals surface area contributed by atoms with Crippen LogP contribution in [-0.2, 0) is 16.0 Å². The van der Waals surface area contributed by atoms with Crippen LogP contribution < -0.4 is 5.73 Å². The fourth-order valence-corrected chi connectivity index (χ4v) is 2.34. The molecule has 1 aromatic heterocycles. The lowest BCUT2D eigenvalue weighted by molar-refractivity contribution is -0.138. The fraction of sp³-hybridized carbons (Fsp3) is 0.389. The quantitative estimate of drug-likeness (QED) is 0.321. The van der Waals surface area contributed by atoms with Crippen LogP contribution in [0.5, 0.6) is 0 Å². The second-order valence-corrected chi connectivity index (χ2v) is 6.48. The summed E-state index contributed by atoms with van der Waals surface area (Å²) < 4.78 is 0. The molecule has 144 valence electrons. The van der Waals surface area contributed by atoms with Crippen molar-refractivity contribution in [1.82, 2.24) is 4.98 Å². The van der Waals surface area contributed by atoms with E-state index in [4.69, 9.17) is 20.9 Å². The number of aromatic nitrogens is 1. The first-order chi connectivity index (χ1) is 12.7. The third kappa shape index (κ3) is 8.10. The molecule has 2 rings (SSSR count). The zero-order valence-corrected chi connectivity index (χ0v) is 15.3. The highest BCUT2D eigenvalue weighted by Gasteiger charge is 2.19. The number of aliphatic imine (C=N–C) groups is 1. The molecule has 9 heteroatoms. The first-order valence-corrected chi connectivity index (χ1v) is 8.50. The molecule has 0 aliphatic heterocycles. The van der Waals surface area contributed by atoms with Crippen LogP contribution in [-0.4, -0.2) is 51.3 Å². The maximum Gasteiger partial charge on any atom is 0.469 e. The number of carbonyl (C=O) groups is 1. The maximum absolute atomic E-state index is 10.9. The van der Waals surface area contributed by atoms with Crippen molar-refractivity contribution >= 4 is 30.1 Å². The molecule has 0 spiro atoms. The number of carboxylic acid groups (broad SMARTS) is 1. The Bertz CT molecular complexity index is 791. The topological polar surface area (TPSA) is 146 Å². The predicted molar refractivity (Wildman–Crippen MR) is 103 cm³/mol. The maximum atomic E-state index is 10.9. The minimum Gasteiger partial charge on any atom is -0.480 e. The molecule has 2 aromatic rings. The second-order valence-electron chi connectivity index (χ2n) is 6.48. The van der Waals surface area contributed by atoms with Gasteiger partial charge < -0.3 is 20.9 Å². The molecule has 0 bridgehead atoms. The third-order valence-electron chi connectivity index (χ3n) is 3.68. The molecule has 0 aliphatic carbocycles. The molecular formula is C18H24BN3O5. The number of fused-ring (bicyclic) bond motifs is 1. The van der Waals surface area contributed by atoms with Gasteiger partial charge in [-0.15, -0.1) is 0 Å². The average molecular weight is 373 g/mol. The van der Waals surface area contributed by atoms with E-state index < -0.39 is 25.1 Å². The molecule has 8 nitrogen and oxygen atoms in total. The van der Waals surface area contributed by atoms with Gasteiger partial charge in [-0.3, -0.25) is 4.98 Å². The van der Waals surface area contributed by atoms with Gasteiger partial charge in [0.2, 0.25) is 6.08 Å². The largest absolute Gasteiger partial charge is 0.480 e. The molecule has 0 saturated carbocycles. The summed E-state index contributed by atoms with van der Waals surface area (Å²) in [6, 6.07) is 10.00. The van der Waals surface area contributed by atoms with Gasteiger partial charge in [0.15, 0.2) is 6.04 Å². The Hall–Kier alpha value is -2.58. The van der Waals surface area contributed by atoms with Gasteiger partial charge in [-0.25, -0.2) is 9.59 Å². The molecule has 5 N–H and O–H groups in total. The van der Waals surface area contributed by atoms with Crippen LogP contribution in [0.2, 0.25) is 0 Å². The number of nitrogens with zero attached hydrogens (tertiary/aromatic N) is 2. The molecule has 0 fully saturated rings. The van der Waals surface area contributed by atoms with Crippen LogP contribution in [0, 0.1) is 5.92 Å². The minimum absolute atomic E-state index is 0.0788. The Morgan fingerprint density at radius 2 is 1.93 bits per heavy atom. The number of pyridine rings is 1. The van der Waals surface area contributed by atoms with Crippen LogP contribution in [0.25, 0.3) is 10.9 Å². The molecule has 0 radical (unpaired) electrons. The third-order valence-corrected chi connectivity index (χ3v) is 3.68. The van der Waals surface area contributed by atoms with Crippen molar-refractivity contribution in [1.29, 1.82) is 0 Å². The van der Waals surface area contributed by atoms with Crippen LogP contribution in [0.3, 0.4) is 0 Å². The smallest absolute Gasteiger partial charge is 0.469 e. The lowest BCUT2D eigenvalue weighted by Crippen LogP contribution is -2.39. The molecule has 2 atom stereocenters. The van der Waals surface area contributed by atoms with Crippen molar-refractivity contribution in [3.63, 3.8) is 0 Å². The lowest BCUT2D eigenvalue weighted by Gasteiger charge is -2.11. The highest BCUT2D eigenvalue weighted by atomic mass is 16.4. The standard InChI is InChI=1S/C13H10N2O3.C5H14BNO2/c16-8-14-12(13(17)18)7-10-6-5-9-3-1-2-4-11(9)15-10;1-4(2)3-5(7)6(8)9/h1-6,12H,7H2,(H,17,18);4-5,8-9H,3,7H2,1-2H3/t12-;5-/m00/s1.